The summed E-state index contributed by atoms with van der Waals surface area (Å²) in [6.45, 7) is 2.59. The van der Waals surface area contributed by atoms with Gasteiger partial charge in [0, 0.05) is 56.3 Å². The van der Waals surface area contributed by atoms with E-state index in [1.165, 1.54) is 29.9 Å². The predicted molar refractivity (Wildman–Crippen MR) is 107 cm³/mol. The number of nitrogens with zero attached hydrogens (tertiary/aromatic N) is 7. The quantitative estimate of drug-likeness (QED) is 0.658. The summed E-state index contributed by atoms with van der Waals surface area (Å²) in [6, 6.07) is 1.78. The molecule has 0 unspecified atom stereocenters. The number of piperazine rings is 1. The van der Waals surface area contributed by atoms with Gasteiger partial charge in [-0.25, -0.2) is 19.9 Å². The number of carbonyl (C=O) groups excluding carboxylic acids is 2. The van der Waals surface area contributed by atoms with Crippen LogP contribution in [0.3, 0.4) is 0 Å². The van der Waals surface area contributed by atoms with Crippen molar-refractivity contribution >= 4 is 34.2 Å². The predicted octanol–water partition coefficient (Wildman–Crippen LogP) is 0.867. The average Bonchev–Trinajstić information content (AvgIpc) is 3.21. The fraction of sp³-hybridized carbons (Fsp3) is 0.278. The van der Waals surface area contributed by atoms with Crippen molar-refractivity contribution in [1.29, 1.82) is 0 Å². The molecule has 0 saturated carbocycles. The van der Waals surface area contributed by atoms with Crippen LogP contribution in [-0.4, -0.2) is 67.8 Å². The molecule has 148 valence electrons. The van der Waals surface area contributed by atoms with E-state index in [4.69, 9.17) is 0 Å². The van der Waals surface area contributed by atoms with E-state index in [0.717, 1.165) is 0 Å². The summed E-state index contributed by atoms with van der Waals surface area (Å²) in [4.78, 5) is 49.2. The molecule has 0 spiro atoms. The van der Waals surface area contributed by atoms with E-state index in [2.05, 4.69) is 35.1 Å². The maximum atomic E-state index is 12.6. The van der Waals surface area contributed by atoms with Gasteiger partial charge in [-0.2, -0.15) is 0 Å². The lowest BCUT2D eigenvalue weighted by Gasteiger charge is -2.34. The molecule has 29 heavy (non-hydrogen) atoms. The van der Waals surface area contributed by atoms with Gasteiger partial charge >= 0.3 is 0 Å². The van der Waals surface area contributed by atoms with Gasteiger partial charge in [0.2, 0.25) is 11.9 Å². The van der Waals surface area contributed by atoms with Gasteiger partial charge in [-0.15, -0.1) is 11.3 Å². The van der Waals surface area contributed by atoms with Gasteiger partial charge in [-0.1, -0.05) is 0 Å². The zero-order valence-electron chi connectivity index (χ0n) is 15.4. The summed E-state index contributed by atoms with van der Waals surface area (Å²) in [5, 5.41) is 4.88. The van der Waals surface area contributed by atoms with Crippen LogP contribution in [-0.2, 0) is 11.2 Å². The molecule has 0 radical (unpaired) electrons. The van der Waals surface area contributed by atoms with Gasteiger partial charge in [-0.3, -0.25) is 19.9 Å². The zero-order chi connectivity index (χ0) is 20.1. The van der Waals surface area contributed by atoms with Gasteiger partial charge in [0.1, 0.15) is 5.69 Å². The van der Waals surface area contributed by atoms with Crippen molar-refractivity contribution in [2.75, 3.05) is 36.4 Å². The third-order valence-corrected chi connectivity index (χ3v) is 5.17. The topological polar surface area (TPSA) is 117 Å². The number of thiazole rings is 1. The van der Waals surface area contributed by atoms with Crippen LogP contribution < -0.4 is 10.2 Å². The molecule has 0 aromatic carbocycles. The molecule has 3 aromatic rings. The third kappa shape index (κ3) is 4.69. The van der Waals surface area contributed by atoms with Gasteiger partial charge in [0.25, 0.3) is 5.91 Å². The van der Waals surface area contributed by atoms with Crippen molar-refractivity contribution in [1.82, 2.24) is 29.8 Å². The first-order valence-electron chi connectivity index (χ1n) is 9.00. The van der Waals surface area contributed by atoms with E-state index < -0.39 is 0 Å². The highest BCUT2D eigenvalue weighted by molar-refractivity contribution is 7.14. The fourth-order valence-corrected chi connectivity index (χ4v) is 3.61. The van der Waals surface area contributed by atoms with Crippen molar-refractivity contribution in [3.8, 4) is 0 Å². The number of hydrogen-bond acceptors (Lipinski definition) is 9. The summed E-state index contributed by atoms with van der Waals surface area (Å²) in [5.41, 5.74) is 0.837. The van der Waals surface area contributed by atoms with E-state index >= 15 is 0 Å². The van der Waals surface area contributed by atoms with Crippen LogP contribution in [0.2, 0.25) is 0 Å². The van der Waals surface area contributed by atoms with Crippen molar-refractivity contribution in [2.45, 2.75) is 6.42 Å². The Morgan fingerprint density at radius 1 is 1.03 bits per heavy atom. The molecule has 1 saturated heterocycles. The molecule has 1 aliphatic rings. The minimum Gasteiger partial charge on any atom is -0.339 e. The van der Waals surface area contributed by atoms with E-state index in [1.807, 2.05) is 4.90 Å². The average molecular weight is 410 g/mol. The van der Waals surface area contributed by atoms with Gasteiger partial charge < -0.3 is 9.80 Å². The van der Waals surface area contributed by atoms with Crippen LogP contribution in [0.5, 0.6) is 0 Å². The minimum absolute atomic E-state index is 0.00994. The molecule has 3 aromatic heterocycles. The summed E-state index contributed by atoms with van der Waals surface area (Å²) in [5.74, 6) is 0.308. The SMILES string of the molecule is O=C(Nc1nc(CC(=O)N2CCN(c3ncccn3)CC2)cs1)c1cnccn1. The molecule has 0 bridgehead atoms. The third-order valence-electron chi connectivity index (χ3n) is 4.37. The lowest BCUT2D eigenvalue weighted by Crippen LogP contribution is -2.49. The largest absolute Gasteiger partial charge is 0.339 e. The molecule has 11 heteroatoms. The Kier molecular flexibility index (Phi) is 5.66. The molecule has 2 amide bonds. The Labute approximate surface area is 170 Å². The Bertz CT molecular complexity index is 974. The van der Waals surface area contributed by atoms with Crippen molar-refractivity contribution in [3.05, 3.63) is 53.8 Å². The summed E-state index contributed by atoms with van der Waals surface area (Å²) < 4.78 is 0. The first-order valence-corrected chi connectivity index (χ1v) is 9.88. The number of aromatic nitrogens is 5. The Hall–Kier alpha value is -3.47. The van der Waals surface area contributed by atoms with Crippen LogP contribution >= 0.6 is 11.3 Å². The standard InChI is InChI=1S/C18H18N8O2S/c27-15(25-6-8-26(9-7-25)17-21-2-1-3-22-17)10-13-12-29-18(23-13)24-16(28)14-11-19-4-5-20-14/h1-5,11-12H,6-10H2,(H,23,24,28). The molecule has 4 heterocycles. The second-order valence-electron chi connectivity index (χ2n) is 6.28. The first kappa shape index (κ1) is 18.9. The number of hydrogen-bond donors (Lipinski definition) is 1. The van der Waals surface area contributed by atoms with E-state index in [-0.39, 0.29) is 23.9 Å². The number of rotatable bonds is 5. The monoisotopic (exact) mass is 410 g/mol. The Morgan fingerprint density at radius 3 is 2.55 bits per heavy atom. The molecule has 1 aliphatic heterocycles. The van der Waals surface area contributed by atoms with Crippen LogP contribution in [0, 0.1) is 0 Å². The summed E-state index contributed by atoms with van der Waals surface area (Å²) in [7, 11) is 0. The molecular formula is C18H18N8O2S. The number of anilines is 2. The van der Waals surface area contributed by atoms with Crippen LogP contribution in [0.4, 0.5) is 11.1 Å². The van der Waals surface area contributed by atoms with Crippen molar-refractivity contribution in [3.63, 3.8) is 0 Å². The lowest BCUT2D eigenvalue weighted by atomic mass is 10.2. The highest BCUT2D eigenvalue weighted by Gasteiger charge is 2.23. The Morgan fingerprint density at radius 2 is 1.83 bits per heavy atom. The number of amides is 2. The Balaban J connectivity index is 1.29. The second kappa shape index (κ2) is 8.69. The summed E-state index contributed by atoms with van der Waals surface area (Å²) in [6.07, 6.45) is 7.94. The smallest absolute Gasteiger partial charge is 0.277 e. The minimum atomic E-state index is -0.385. The fourth-order valence-electron chi connectivity index (χ4n) is 2.90. The van der Waals surface area contributed by atoms with Crippen LogP contribution in [0.25, 0.3) is 0 Å². The van der Waals surface area contributed by atoms with Crippen LogP contribution in [0.1, 0.15) is 16.2 Å². The second-order valence-corrected chi connectivity index (χ2v) is 7.14. The maximum absolute atomic E-state index is 12.6. The maximum Gasteiger partial charge on any atom is 0.277 e. The molecule has 0 aliphatic carbocycles. The van der Waals surface area contributed by atoms with Crippen molar-refractivity contribution < 1.29 is 9.59 Å². The lowest BCUT2D eigenvalue weighted by molar-refractivity contribution is -0.130. The molecule has 1 N–H and O–H groups in total. The molecule has 4 rings (SSSR count). The molecule has 10 nitrogen and oxygen atoms in total. The molecule has 0 atom stereocenters. The van der Waals surface area contributed by atoms with Gasteiger partial charge in [0.15, 0.2) is 5.13 Å². The summed E-state index contributed by atoms with van der Waals surface area (Å²) >= 11 is 1.27. The van der Waals surface area contributed by atoms with Crippen LogP contribution in [0.15, 0.2) is 42.4 Å². The van der Waals surface area contributed by atoms with Gasteiger partial charge in [-0.05, 0) is 6.07 Å². The normalized spacial score (nSPS) is 13.9. The van der Waals surface area contributed by atoms with E-state index in [9.17, 15) is 9.59 Å². The van der Waals surface area contributed by atoms with E-state index in [1.54, 1.807) is 23.8 Å². The van der Waals surface area contributed by atoms with Crippen molar-refractivity contribution in [2.24, 2.45) is 0 Å². The highest BCUT2D eigenvalue weighted by Crippen LogP contribution is 2.18. The highest BCUT2D eigenvalue weighted by atomic mass is 32.1. The first-order chi connectivity index (χ1) is 14.2. The molecule has 1 fully saturated rings. The van der Waals surface area contributed by atoms with Gasteiger partial charge in [0.05, 0.1) is 18.3 Å². The number of nitrogens with one attached hydrogen (secondary N) is 1. The van der Waals surface area contributed by atoms with E-state index in [0.29, 0.717) is 43.0 Å². The number of carbonyl (C=O) groups is 2. The molecular weight excluding hydrogens is 392 g/mol. The zero-order valence-corrected chi connectivity index (χ0v) is 16.2.